The van der Waals surface area contributed by atoms with Crippen molar-refractivity contribution in [3.63, 3.8) is 0 Å². The molecule has 1 saturated carbocycles. The lowest BCUT2D eigenvalue weighted by atomic mass is 9.71. The Morgan fingerprint density at radius 1 is 1.45 bits per heavy atom. The molecule has 1 saturated heterocycles. The minimum atomic E-state index is -0.444. The molecule has 1 aliphatic heterocycles. The quantitative estimate of drug-likeness (QED) is 0.810. The van der Waals surface area contributed by atoms with Crippen LogP contribution in [-0.2, 0) is 4.79 Å². The van der Waals surface area contributed by atoms with Crippen molar-refractivity contribution in [2.24, 2.45) is 5.92 Å². The van der Waals surface area contributed by atoms with Crippen LogP contribution in [0.3, 0.4) is 0 Å². The van der Waals surface area contributed by atoms with Crippen molar-refractivity contribution < 1.29 is 9.90 Å². The van der Waals surface area contributed by atoms with Gasteiger partial charge in [0.1, 0.15) is 0 Å². The number of amides is 1. The normalized spacial score (nSPS) is 32.5. The fourth-order valence-corrected chi connectivity index (χ4v) is 3.81. The Balaban J connectivity index is 1.79. The number of hydrogen-bond donors (Lipinski definition) is 2. The second-order valence-corrected chi connectivity index (χ2v) is 6.79. The molecule has 2 N–H and O–H groups in total. The van der Waals surface area contributed by atoms with Gasteiger partial charge in [0.15, 0.2) is 0 Å². The molecule has 3 unspecified atom stereocenters. The molecule has 0 bridgehead atoms. The number of nitrogens with one attached hydrogen (secondary N) is 1. The Labute approximate surface area is 122 Å². The number of piperidine rings is 1. The van der Waals surface area contributed by atoms with Crippen LogP contribution in [0.15, 0.2) is 0 Å². The van der Waals surface area contributed by atoms with E-state index in [0.717, 1.165) is 51.6 Å². The van der Waals surface area contributed by atoms with Gasteiger partial charge >= 0.3 is 0 Å². The fraction of sp³-hybridized carbons (Fsp3) is 0.938. The summed E-state index contributed by atoms with van der Waals surface area (Å²) in [5, 5.41) is 13.7. The van der Waals surface area contributed by atoms with Crippen LogP contribution in [0.1, 0.15) is 58.8 Å². The molecule has 116 valence electrons. The molecule has 2 aliphatic rings. The summed E-state index contributed by atoms with van der Waals surface area (Å²) in [6.07, 6.45) is 7.40. The molecule has 20 heavy (non-hydrogen) atoms. The van der Waals surface area contributed by atoms with Gasteiger partial charge in [-0.15, -0.1) is 0 Å². The molecule has 1 heterocycles. The zero-order valence-corrected chi connectivity index (χ0v) is 13.0. The highest BCUT2D eigenvalue weighted by molar-refractivity contribution is 5.78. The zero-order chi connectivity index (χ0) is 14.6. The lowest BCUT2D eigenvalue weighted by Gasteiger charge is -2.47. The van der Waals surface area contributed by atoms with Gasteiger partial charge < -0.3 is 10.4 Å². The van der Waals surface area contributed by atoms with Crippen LogP contribution in [0.4, 0.5) is 0 Å². The lowest BCUT2D eigenvalue weighted by molar-refractivity contribution is -0.128. The van der Waals surface area contributed by atoms with E-state index in [9.17, 15) is 9.90 Å². The standard InChI is InChI=1S/C16H30N2O2/c1-3-6-13(2)17-15(19)12-18-10-9-16(20)8-5-4-7-14(16)11-18/h13-14,20H,3-12H2,1-2H3,(H,17,19). The first-order chi connectivity index (χ1) is 9.53. The van der Waals surface area contributed by atoms with Gasteiger partial charge in [0, 0.05) is 25.0 Å². The summed E-state index contributed by atoms with van der Waals surface area (Å²) in [6, 6.07) is 0.268. The third-order valence-corrected chi connectivity index (χ3v) is 5.01. The Bertz CT molecular complexity index is 334. The number of nitrogens with zero attached hydrogens (tertiary/aromatic N) is 1. The summed E-state index contributed by atoms with van der Waals surface area (Å²) in [4.78, 5) is 14.2. The van der Waals surface area contributed by atoms with E-state index in [2.05, 4.69) is 24.1 Å². The van der Waals surface area contributed by atoms with Crippen LogP contribution < -0.4 is 5.32 Å². The third-order valence-electron chi connectivity index (χ3n) is 5.01. The third kappa shape index (κ3) is 3.95. The van der Waals surface area contributed by atoms with Gasteiger partial charge in [-0.3, -0.25) is 9.69 Å². The number of hydrogen-bond acceptors (Lipinski definition) is 3. The minimum absolute atomic E-state index is 0.132. The highest BCUT2D eigenvalue weighted by Gasteiger charge is 2.42. The van der Waals surface area contributed by atoms with Crippen LogP contribution in [0, 0.1) is 5.92 Å². The Hall–Kier alpha value is -0.610. The van der Waals surface area contributed by atoms with Crippen molar-refractivity contribution in [3.05, 3.63) is 0 Å². The number of rotatable bonds is 5. The Morgan fingerprint density at radius 3 is 3.00 bits per heavy atom. The molecule has 3 atom stereocenters. The van der Waals surface area contributed by atoms with E-state index in [-0.39, 0.29) is 11.9 Å². The van der Waals surface area contributed by atoms with Gasteiger partial charge in [-0.2, -0.15) is 0 Å². The predicted molar refractivity (Wildman–Crippen MR) is 80.5 cm³/mol. The molecule has 4 heteroatoms. The first-order valence-electron chi connectivity index (χ1n) is 8.27. The molecule has 1 aliphatic carbocycles. The van der Waals surface area contributed by atoms with Crippen LogP contribution in [0.2, 0.25) is 0 Å². The molecular formula is C16H30N2O2. The van der Waals surface area contributed by atoms with Crippen LogP contribution in [0.5, 0.6) is 0 Å². The Morgan fingerprint density at radius 2 is 2.25 bits per heavy atom. The SMILES string of the molecule is CCCC(C)NC(=O)CN1CCC2(O)CCCCC2C1. The van der Waals surface area contributed by atoms with E-state index >= 15 is 0 Å². The smallest absolute Gasteiger partial charge is 0.234 e. The average molecular weight is 282 g/mol. The molecule has 0 aromatic heterocycles. The van der Waals surface area contributed by atoms with E-state index in [1.807, 2.05) is 0 Å². The van der Waals surface area contributed by atoms with E-state index < -0.39 is 5.60 Å². The maximum atomic E-state index is 12.0. The second kappa shape index (κ2) is 6.90. The molecule has 0 aromatic rings. The molecule has 2 rings (SSSR count). The topological polar surface area (TPSA) is 52.6 Å². The summed E-state index contributed by atoms with van der Waals surface area (Å²) >= 11 is 0. The van der Waals surface area contributed by atoms with Crippen LogP contribution in [-0.4, -0.2) is 47.2 Å². The average Bonchev–Trinajstić information content (AvgIpc) is 2.39. The molecule has 1 amide bonds. The van der Waals surface area contributed by atoms with Crippen molar-refractivity contribution in [1.29, 1.82) is 0 Å². The summed E-state index contributed by atoms with van der Waals surface area (Å²) in [7, 11) is 0. The highest BCUT2D eigenvalue weighted by atomic mass is 16.3. The van der Waals surface area contributed by atoms with E-state index in [0.29, 0.717) is 12.5 Å². The molecule has 0 radical (unpaired) electrons. The molecule has 2 fully saturated rings. The van der Waals surface area contributed by atoms with Gasteiger partial charge in [0.25, 0.3) is 0 Å². The van der Waals surface area contributed by atoms with Gasteiger partial charge in [-0.25, -0.2) is 0 Å². The van der Waals surface area contributed by atoms with Gasteiger partial charge in [0.2, 0.25) is 5.91 Å². The monoisotopic (exact) mass is 282 g/mol. The first kappa shape index (κ1) is 15.8. The largest absolute Gasteiger partial charge is 0.390 e. The number of carbonyl (C=O) groups is 1. The summed E-state index contributed by atoms with van der Waals surface area (Å²) < 4.78 is 0. The first-order valence-corrected chi connectivity index (χ1v) is 8.27. The summed E-state index contributed by atoms with van der Waals surface area (Å²) in [5.74, 6) is 0.498. The number of likely N-dealkylation sites (tertiary alicyclic amines) is 1. The molecular weight excluding hydrogens is 252 g/mol. The zero-order valence-electron chi connectivity index (χ0n) is 13.0. The van der Waals surface area contributed by atoms with Crippen molar-refractivity contribution in [3.8, 4) is 0 Å². The maximum absolute atomic E-state index is 12.0. The minimum Gasteiger partial charge on any atom is -0.390 e. The van der Waals surface area contributed by atoms with Crippen molar-refractivity contribution in [2.75, 3.05) is 19.6 Å². The maximum Gasteiger partial charge on any atom is 0.234 e. The van der Waals surface area contributed by atoms with Crippen LogP contribution in [0.25, 0.3) is 0 Å². The summed E-state index contributed by atoms with van der Waals surface area (Å²) in [5.41, 5.74) is -0.444. The Kier molecular flexibility index (Phi) is 5.44. The second-order valence-electron chi connectivity index (χ2n) is 6.79. The number of fused-ring (bicyclic) bond motifs is 1. The van der Waals surface area contributed by atoms with Crippen molar-refractivity contribution in [1.82, 2.24) is 10.2 Å². The predicted octanol–water partition coefficient (Wildman–Crippen LogP) is 1.92. The van der Waals surface area contributed by atoms with Gasteiger partial charge in [0.05, 0.1) is 12.1 Å². The number of aliphatic hydroxyl groups is 1. The molecule has 0 spiro atoms. The van der Waals surface area contributed by atoms with Crippen LogP contribution >= 0.6 is 0 Å². The molecule has 4 nitrogen and oxygen atoms in total. The van der Waals surface area contributed by atoms with Gasteiger partial charge in [-0.05, 0) is 32.6 Å². The lowest BCUT2D eigenvalue weighted by Crippen LogP contribution is -2.55. The molecule has 0 aromatic carbocycles. The van der Waals surface area contributed by atoms with Crippen molar-refractivity contribution >= 4 is 5.91 Å². The van der Waals surface area contributed by atoms with E-state index in [1.165, 1.54) is 6.42 Å². The fourth-order valence-electron chi connectivity index (χ4n) is 3.81. The summed E-state index contributed by atoms with van der Waals surface area (Å²) in [6.45, 7) is 6.42. The van der Waals surface area contributed by atoms with Crippen molar-refractivity contribution in [2.45, 2.75) is 70.4 Å². The highest BCUT2D eigenvalue weighted by Crippen LogP contribution is 2.39. The van der Waals surface area contributed by atoms with Gasteiger partial charge in [-0.1, -0.05) is 26.2 Å². The van der Waals surface area contributed by atoms with E-state index in [4.69, 9.17) is 0 Å². The van der Waals surface area contributed by atoms with E-state index in [1.54, 1.807) is 0 Å². The number of carbonyl (C=O) groups excluding carboxylic acids is 1.